The Morgan fingerprint density at radius 2 is 1.34 bits per heavy atom. The lowest BCUT2D eigenvalue weighted by Crippen LogP contribution is -2.46. The first-order valence-corrected chi connectivity index (χ1v) is 22.2. The van der Waals surface area contributed by atoms with Gasteiger partial charge in [0.1, 0.15) is 10.8 Å². The molecule has 0 spiro atoms. The molecule has 0 bridgehead atoms. The summed E-state index contributed by atoms with van der Waals surface area (Å²) in [5.74, 6) is 3.65. The van der Waals surface area contributed by atoms with Crippen LogP contribution in [0.3, 0.4) is 0 Å². The molecule has 3 heterocycles. The van der Waals surface area contributed by atoms with Crippen molar-refractivity contribution in [2.45, 2.75) is 57.9 Å². The van der Waals surface area contributed by atoms with Crippen molar-refractivity contribution in [3.8, 4) is 45.1 Å². The fourth-order valence-electron chi connectivity index (χ4n) is 8.05. The van der Waals surface area contributed by atoms with Gasteiger partial charge in [-0.05, 0) is 106 Å². The minimum atomic E-state index is -0.300. The number of fused-ring (bicyclic) bond motifs is 1. The normalized spacial score (nSPS) is 15.8. The van der Waals surface area contributed by atoms with Crippen molar-refractivity contribution in [2.75, 3.05) is 80.9 Å². The zero-order chi connectivity index (χ0) is 42.6. The van der Waals surface area contributed by atoms with Gasteiger partial charge >= 0.3 is 0 Å². The summed E-state index contributed by atoms with van der Waals surface area (Å²) in [7, 11) is 6.38. The van der Waals surface area contributed by atoms with Crippen LogP contribution in [0.15, 0.2) is 84.0 Å². The van der Waals surface area contributed by atoms with Crippen molar-refractivity contribution in [1.29, 1.82) is 0 Å². The van der Waals surface area contributed by atoms with Gasteiger partial charge in [0.2, 0.25) is 11.7 Å². The highest BCUT2D eigenvalue weighted by Gasteiger charge is 2.33. The number of piperazine rings is 1. The van der Waals surface area contributed by atoms with Crippen LogP contribution >= 0.6 is 11.3 Å². The Labute approximate surface area is 364 Å². The second-order valence-electron chi connectivity index (χ2n) is 15.5. The van der Waals surface area contributed by atoms with Gasteiger partial charge in [-0.2, -0.15) is 5.10 Å². The minimum Gasteiger partial charge on any atom is -0.494 e. The molecule has 1 fully saturated rings. The van der Waals surface area contributed by atoms with Gasteiger partial charge in [-0.15, -0.1) is 11.3 Å². The first-order valence-electron chi connectivity index (χ1n) is 21.4. The summed E-state index contributed by atoms with van der Waals surface area (Å²) in [6.45, 7) is 9.62. The van der Waals surface area contributed by atoms with Gasteiger partial charge in [0.05, 0.1) is 63.6 Å². The van der Waals surface area contributed by atoms with Gasteiger partial charge in [0.15, 0.2) is 23.0 Å². The molecule has 1 aromatic heterocycles. The first-order chi connectivity index (χ1) is 29.9. The zero-order valence-electron chi connectivity index (χ0n) is 36.2. The molecule has 5 aromatic rings. The summed E-state index contributed by atoms with van der Waals surface area (Å²) < 4.78 is 35.9. The number of thiazole rings is 1. The molecular formula is C48H59N5O7S. The molecule has 2 aliphatic heterocycles. The summed E-state index contributed by atoms with van der Waals surface area (Å²) in [5, 5.41) is 7.31. The third kappa shape index (κ3) is 11.1. The number of hydrazone groups is 1. The Hall–Kier alpha value is -5.37. The van der Waals surface area contributed by atoms with E-state index in [2.05, 4.69) is 46.2 Å². The molecule has 2 aliphatic rings. The molecule has 0 saturated carbocycles. The minimum absolute atomic E-state index is 0.149. The molecule has 0 radical (unpaired) electrons. The zero-order valence-corrected chi connectivity index (χ0v) is 37.0. The Kier molecular flexibility index (Phi) is 15.4. The van der Waals surface area contributed by atoms with E-state index in [0.29, 0.717) is 41.8 Å². The molecule has 12 nitrogen and oxygen atoms in total. The second-order valence-corrected chi connectivity index (χ2v) is 16.5. The van der Waals surface area contributed by atoms with Crippen LogP contribution in [-0.2, 0) is 4.79 Å². The van der Waals surface area contributed by atoms with Gasteiger partial charge in [-0.3, -0.25) is 4.79 Å². The Morgan fingerprint density at radius 1 is 0.672 bits per heavy atom. The van der Waals surface area contributed by atoms with E-state index in [1.165, 1.54) is 29.5 Å². The van der Waals surface area contributed by atoms with E-state index in [1.807, 2.05) is 42.5 Å². The quantitative estimate of drug-likeness (QED) is 0.0664. The van der Waals surface area contributed by atoms with E-state index < -0.39 is 0 Å². The number of aromatic nitrogens is 1. The summed E-state index contributed by atoms with van der Waals surface area (Å²) >= 11 is 1.72. The first kappa shape index (κ1) is 43.7. The number of benzene rings is 4. The summed E-state index contributed by atoms with van der Waals surface area (Å²) in [6.07, 6.45) is 7.10. The number of rotatable bonds is 21. The second kappa shape index (κ2) is 21.4. The molecule has 7 rings (SSSR count). The lowest BCUT2D eigenvalue weighted by molar-refractivity contribution is -0.130. The van der Waals surface area contributed by atoms with E-state index in [4.69, 9.17) is 38.5 Å². The molecular weight excluding hydrogens is 791 g/mol. The van der Waals surface area contributed by atoms with E-state index >= 15 is 0 Å². The van der Waals surface area contributed by atoms with Crippen LogP contribution < -0.4 is 28.4 Å². The molecule has 1 amide bonds. The molecule has 1 saturated heterocycles. The third-order valence-electron chi connectivity index (χ3n) is 11.4. The van der Waals surface area contributed by atoms with Gasteiger partial charge in [0.25, 0.3) is 0 Å². The summed E-state index contributed by atoms with van der Waals surface area (Å²) in [6, 6.07) is 25.9. The van der Waals surface area contributed by atoms with E-state index in [9.17, 15) is 4.79 Å². The predicted octanol–water partition coefficient (Wildman–Crippen LogP) is 9.11. The molecule has 61 heavy (non-hydrogen) atoms. The van der Waals surface area contributed by atoms with E-state index in [1.54, 1.807) is 39.8 Å². The fourth-order valence-corrected chi connectivity index (χ4v) is 9.01. The number of amides is 1. The number of carbonyl (C=O) groups is 1. The Bertz CT molecular complexity index is 2200. The van der Waals surface area contributed by atoms with Crippen LogP contribution in [0.5, 0.6) is 34.5 Å². The van der Waals surface area contributed by atoms with Crippen molar-refractivity contribution in [3.63, 3.8) is 0 Å². The van der Waals surface area contributed by atoms with E-state index in [0.717, 1.165) is 110 Å². The highest BCUT2D eigenvalue weighted by atomic mass is 32.1. The number of methoxy groups -OCH3 is 4. The molecule has 1 atom stereocenters. The van der Waals surface area contributed by atoms with Crippen molar-refractivity contribution < 1.29 is 33.2 Å². The third-order valence-corrected chi connectivity index (χ3v) is 12.5. The van der Waals surface area contributed by atoms with Gasteiger partial charge in [-0.25, -0.2) is 9.99 Å². The monoisotopic (exact) mass is 849 g/mol. The predicted molar refractivity (Wildman–Crippen MR) is 242 cm³/mol. The largest absolute Gasteiger partial charge is 0.494 e. The number of hydrogen-bond acceptors (Lipinski definition) is 12. The summed E-state index contributed by atoms with van der Waals surface area (Å²) in [5.41, 5.74) is 4.61. The number of hydrogen-bond donors (Lipinski definition) is 0. The lowest BCUT2D eigenvalue weighted by Gasteiger charge is -2.34. The standard InChI is InChI=1S/C48H59N5O7S/c1-34(54)53-41(33-40(50-53)37-31-44(56-3)47(58-5)45(32-37)57-4)35-19-20-42(55-2)43(30-35)60-28-13-7-11-22-52-25-23-51(24-26-52)21-10-6-12-27-59-38-16-14-15-36(29-38)48-49-39-17-8-9-18-46(39)61-48/h8-9,14-20,29-32,41H,6-7,10-13,21-28,33H2,1-5H3. The number of nitrogens with zero attached hydrogens (tertiary/aromatic N) is 5. The number of ether oxygens (including phenoxy) is 6. The maximum atomic E-state index is 12.8. The van der Waals surface area contributed by atoms with Crippen LogP contribution in [0.4, 0.5) is 0 Å². The molecule has 13 heteroatoms. The number of carbonyl (C=O) groups excluding carboxylic acids is 1. The van der Waals surface area contributed by atoms with Crippen molar-refractivity contribution in [1.82, 2.24) is 19.8 Å². The lowest BCUT2D eigenvalue weighted by atomic mass is 9.97. The molecule has 1 unspecified atom stereocenters. The SMILES string of the molecule is COc1ccc(C2CC(c3cc(OC)c(OC)c(OC)c3)=NN2C(C)=O)cc1OCCCCCN1CCN(CCCCCOc2cccc(-c3nc4ccccc4s3)c2)CC1. The van der Waals surface area contributed by atoms with Crippen molar-refractivity contribution >= 4 is 33.2 Å². The van der Waals surface area contributed by atoms with Crippen LogP contribution in [0.2, 0.25) is 0 Å². The van der Waals surface area contributed by atoms with Gasteiger partial charge in [0, 0.05) is 50.7 Å². The van der Waals surface area contributed by atoms with Gasteiger partial charge in [-0.1, -0.05) is 30.3 Å². The molecule has 324 valence electrons. The Morgan fingerprint density at radius 3 is 1.98 bits per heavy atom. The molecule has 4 aromatic carbocycles. The topological polar surface area (TPSA) is 107 Å². The van der Waals surface area contributed by atoms with Crippen molar-refractivity contribution in [3.05, 3.63) is 90.0 Å². The maximum absolute atomic E-state index is 12.8. The van der Waals surface area contributed by atoms with Gasteiger partial charge < -0.3 is 38.2 Å². The highest BCUT2D eigenvalue weighted by molar-refractivity contribution is 7.21. The van der Waals surface area contributed by atoms with Crippen LogP contribution in [0.25, 0.3) is 20.8 Å². The number of para-hydroxylation sites is 1. The molecule has 0 aliphatic carbocycles. The van der Waals surface area contributed by atoms with Crippen LogP contribution in [-0.4, -0.2) is 112 Å². The van der Waals surface area contributed by atoms with Crippen molar-refractivity contribution in [2.24, 2.45) is 5.10 Å². The average molecular weight is 850 g/mol. The molecule has 0 N–H and O–H groups in total. The van der Waals surface area contributed by atoms with Crippen LogP contribution in [0.1, 0.15) is 69.0 Å². The average Bonchev–Trinajstić information content (AvgIpc) is 3.95. The Balaban J connectivity index is 0.783. The van der Waals surface area contributed by atoms with Crippen LogP contribution in [0, 0.1) is 0 Å². The highest BCUT2D eigenvalue weighted by Crippen LogP contribution is 2.42. The fraction of sp³-hybridized carbons (Fsp3) is 0.438. The smallest absolute Gasteiger partial charge is 0.240 e. The number of unbranched alkanes of at least 4 members (excludes halogenated alkanes) is 4. The van der Waals surface area contributed by atoms with E-state index in [-0.39, 0.29) is 11.9 Å². The summed E-state index contributed by atoms with van der Waals surface area (Å²) in [4.78, 5) is 22.8. The maximum Gasteiger partial charge on any atom is 0.240 e.